The van der Waals surface area contributed by atoms with Crippen LogP contribution >= 0.6 is 0 Å². The van der Waals surface area contributed by atoms with Crippen molar-refractivity contribution in [3.05, 3.63) is 65.2 Å². The van der Waals surface area contributed by atoms with Gasteiger partial charge in [0.2, 0.25) is 5.91 Å². The molecule has 0 bridgehead atoms. The van der Waals surface area contributed by atoms with Crippen molar-refractivity contribution in [1.29, 1.82) is 0 Å². The van der Waals surface area contributed by atoms with Gasteiger partial charge in [-0.2, -0.15) is 0 Å². The first-order chi connectivity index (χ1) is 13.9. The van der Waals surface area contributed by atoms with Gasteiger partial charge in [0.05, 0.1) is 0 Å². The summed E-state index contributed by atoms with van der Waals surface area (Å²) in [5, 5.41) is 2.68. The molecule has 0 aliphatic rings. The molecule has 0 fully saturated rings. The van der Waals surface area contributed by atoms with Crippen molar-refractivity contribution < 1.29 is 14.3 Å². The summed E-state index contributed by atoms with van der Waals surface area (Å²) >= 11 is 0. The fourth-order valence-electron chi connectivity index (χ4n) is 3.37. The number of amides is 2. The summed E-state index contributed by atoms with van der Waals surface area (Å²) in [6.45, 7) is 8.36. The zero-order valence-electron chi connectivity index (χ0n) is 18.1. The minimum Gasteiger partial charge on any atom is -0.483 e. The van der Waals surface area contributed by atoms with Crippen molar-refractivity contribution in [3.8, 4) is 5.75 Å². The quantitative estimate of drug-likeness (QED) is 0.696. The Labute approximate surface area is 174 Å². The summed E-state index contributed by atoms with van der Waals surface area (Å²) in [5.74, 6) is 0.623. The van der Waals surface area contributed by atoms with E-state index in [1.165, 1.54) is 0 Å². The van der Waals surface area contributed by atoms with E-state index in [1.54, 1.807) is 11.9 Å². The third-order valence-electron chi connectivity index (χ3n) is 5.13. The molecule has 2 amide bonds. The van der Waals surface area contributed by atoms with Crippen molar-refractivity contribution in [2.75, 3.05) is 13.7 Å². The van der Waals surface area contributed by atoms with Gasteiger partial charge in [-0.1, -0.05) is 63.2 Å². The van der Waals surface area contributed by atoms with Crippen LogP contribution in [0.25, 0.3) is 0 Å². The van der Waals surface area contributed by atoms with Crippen LogP contribution < -0.4 is 10.1 Å². The number of nitrogens with one attached hydrogen (secondary N) is 1. The monoisotopic (exact) mass is 396 g/mol. The number of carbonyl (C=O) groups is 2. The fraction of sp³-hybridized carbons (Fsp3) is 0.417. The lowest BCUT2D eigenvalue weighted by Gasteiger charge is -2.30. The van der Waals surface area contributed by atoms with Crippen molar-refractivity contribution in [3.63, 3.8) is 0 Å². The van der Waals surface area contributed by atoms with E-state index in [0.717, 1.165) is 16.7 Å². The van der Waals surface area contributed by atoms with E-state index in [1.807, 2.05) is 62.4 Å². The molecule has 29 heavy (non-hydrogen) atoms. The Morgan fingerprint density at radius 1 is 1.07 bits per heavy atom. The first kappa shape index (κ1) is 22.5. The van der Waals surface area contributed by atoms with Crippen LogP contribution in [0.3, 0.4) is 0 Å². The largest absolute Gasteiger partial charge is 0.483 e. The van der Waals surface area contributed by atoms with E-state index in [4.69, 9.17) is 4.74 Å². The van der Waals surface area contributed by atoms with Crippen molar-refractivity contribution in [1.82, 2.24) is 10.2 Å². The molecule has 0 aliphatic carbocycles. The van der Waals surface area contributed by atoms with E-state index >= 15 is 0 Å². The van der Waals surface area contributed by atoms with Crippen LogP contribution in [0.1, 0.15) is 49.8 Å². The van der Waals surface area contributed by atoms with E-state index in [0.29, 0.717) is 24.6 Å². The summed E-state index contributed by atoms with van der Waals surface area (Å²) in [6.07, 6.45) is 0.528. The third-order valence-corrected chi connectivity index (χ3v) is 5.13. The molecule has 0 unspecified atom stereocenters. The molecule has 5 nitrogen and oxygen atoms in total. The second-order valence-corrected chi connectivity index (χ2v) is 7.47. The number of nitrogens with zero attached hydrogens (tertiary/aromatic N) is 1. The minimum atomic E-state index is -0.545. The molecular formula is C24H32N2O3. The number of benzene rings is 2. The molecule has 2 aromatic rings. The smallest absolute Gasteiger partial charge is 0.261 e. The number of carbonyl (C=O) groups excluding carboxylic acids is 2. The van der Waals surface area contributed by atoms with Gasteiger partial charge in [-0.3, -0.25) is 9.59 Å². The molecule has 0 aromatic heterocycles. The van der Waals surface area contributed by atoms with Crippen LogP contribution in [0.15, 0.2) is 48.5 Å². The summed E-state index contributed by atoms with van der Waals surface area (Å²) in [6, 6.07) is 15.1. The Morgan fingerprint density at radius 2 is 1.72 bits per heavy atom. The van der Waals surface area contributed by atoms with Crippen LogP contribution in [-0.4, -0.2) is 36.4 Å². The minimum absolute atomic E-state index is 0.108. The predicted octanol–water partition coefficient (Wildman–Crippen LogP) is 4.05. The molecule has 156 valence electrons. The van der Waals surface area contributed by atoms with E-state index < -0.39 is 6.04 Å². The van der Waals surface area contributed by atoms with Crippen LogP contribution in [0.5, 0.6) is 5.75 Å². The van der Waals surface area contributed by atoms with Crippen LogP contribution in [0.4, 0.5) is 0 Å². The van der Waals surface area contributed by atoms with Crippen LogP contribution in [0.2, 0.25) is 0 Å². The van der Waals surface area contributed by atoms with Crippen molar-refractivity contribution >= 4 is 11.8 Å². The van der Waals surface area contributed by atoms with Crippen molar-refractivity contribution in [2.45, 2.75) is 52.6 Å². The third kappa shape index (κ3) is 5.83. The molecule has 0 saturated carbocycles. The van der Waals surface area contributed by atoms with Crippen LogP contribution in [0, 0.1) is 6.92 Å². The van der Waals surface area contributed by atoms with Gasteiger partial charge in [-0.25, -0.2) is 0 Å². The highest BCUT2D eigenvalue weighted by molar-refractivity contribution is 5.88. The zero-order valence-corrected chi connectivity index (χ0v) is 18.1. The highest BCUT2D eigenvalue weighted by Gasteiger charge is 2.28. The molecule has 2 rings (SSSR count). The number of hydrogen-bond donors (Lipinski definition) is 1. The molecule has 2 aromatic carbocycles. The summed E-state index contributed by atoms with van der Waals surface area (Å²) in [5.41, 5.74) is 3.16. The molecule has 0 spiro atoms. The molecule has 0 saturated heterocycles. The van der Waals surface area contributed by atoms with E-state index in [9.17, 15) is 9.59 Å². The highest BCUT2D eigenvalue weighted by atomic mass is 16.5. The van der Waals surface area contributed by atoms with Gasteiger partial charge in [-0.05, 0) is 42.0 Å². The lowest BCUT2D eigenvalue weighted by atomic mass is 10.0. The second-order valence-electron chi connectivity index (χ2n) is 7.47. The Bertz CT molecular complexity index is 832. The van der Waals surface area contributed by atoms with Gasteiger partial charge in [0.25, 0.3) is 5.91 Å². The highest BCUT2D eigenvalue weighted by Crippen LogP contribution is 2.26. The average molecular weight is 397 g/mol. The lowest BCUT2D eigenvalue weighted by Crippen LogP contribution is -2.49. The summed E-state index contributed by atoms with van der Waals surface area (Å²) in [4.78, 5) is 27.2. The number of para-hydroxylation sites is 1. The van der Waals surface area contributed by atoms with Gasteiger partial charge in [0, 0.05) is 13.6 Å². The predicted molar refractivity (Wildman–Crippen MR) is 116 cm³/mol. The van der Waals surface area contributed by atoms with Crippen molar-refractivity contribution in [2.24, 2.45) is 0 Å². The van der Waals surface area contributed by atoms with Gasteiger partial charge in [-0.15, -0.1) is 0 Å². The lowest BCUT2D eigenvalue weighted by molar-refractivity contribution is -0.142. The number of aryl methyl sites for hydroxylation is 1. The number of hydrogen-bond acceptors (Lipinski definition) is 3. The Hall–Kier alpha value is -2.82. The molecule has 0 aliphatic heterocycles. The molecule has 1 atom stereocenters. The summed E-state index contributed by atoms with van der Waals surface area (Å²) < 4.78 is 5.89. The fourth-order valence-corrected chi connectivity index (χ4v) is 3.37. The van der Waals surface area contributed by atoms with Gasteiger partial charge in [0.1, 0.15) is 11.8 Å². The van der Waals surface area contributed by atoms with Gasteiger partial charge >= 0.3 is 0 Å². The molecule has 0 radical (unpaired) electrons. The summed E-state index contributed by atoms with van der Waals surface area (Å²) in [7, 11) is 1.59. The maximum Gasteiger partial charge on any atom is 0.261 e. The standard InChI is InChI=1S/C24H32N2O3/c1-6-21(24(28)25-5)26(15-19-12-8-7-11-18(19)4)23(27)16-29-22-14-10-9-13-20(22)17(2)3/h7-14,17,21H,6,15-16H2,1-5H3,(H,25,28)/t21-/m1/s1. The van der Waals surface area contributed by atoms with Gasteiger partial charge in [0.15, 0.2) is 6.61 Å². The topological polar surface area (TPSA) is 58.6 Å². The number of ether oxygens (including phenoxy) is 1. The maximum atomic E-state index is 13.2. The second kappa shape index (κ2) is 10.6. The Morgan fingerprint density at radius 3 is 2.34 bits per heavy atom. The van der Waals surface area contributed by atoms with Gasteiger partial charge < -0.3 is 15.0 Å². The Balaban J connectivity index is 2.24. The SMILES string of the molecule is CC[C@H](C(=O)NC)N(Cc1ccccc1C)C(=O)COc1ccccc1C(C)C. The van der Waals surface area contributed by atoms with E-state index in [-0.39, 0.29) is 18.4 Å². The maximum absolute atomic E-state index is 13.2. The zero-order chi connectivity index (χ0) is 21.4. The molecular weight excluding hydrogens is 364 g/mol. The average Bonchev–Trinajstić information content (AvgIpc) is 2.73. The Kier molecular flexibility index (Phi) is 8.25. The molecule has 0 heterocycles. The number of likely N-dealkylation sites (N-methyl/N-ethyl adjacent to an activating group) is 1. The molecule has 1 N–H and O–H groups in total. The first-order valence-corrected chi connectivity index (χ1v) is 10.2. The van der Waals surface area contributed by atoms with Crippen LogP contribution in [-0.2, 0) is 16.1 Å². The normalized spacial score (nSPS) is 11.8. The number of rotatable bonds is 9. The molecule has 5 heteroatoms. The first-order valence-electron chi connectivity index (χ1n) is 10.2. The van der Waals surface area contributed by atoms with E-state index in [2.05, 4.69) is 19.2 Å².